The van der Waals surface area contributed by atoms with Crippen LogP contribution in [0.3, 0.4) is 0 Å². The van der Waals surface area contributed by atoms with Crippen LogP contribution >= 0.6 is 0 Å². The van der Waals surface area contributed by atoms with Gasteiger partial charge >= 0.3 is 0 Å². The second-order valence-electron chi connectivity index (χ2n) is 4.70. The van der Waals surface area contributed by atoms with E-state index in [0.29, 0.717) is 6.61 Å². The summed E-state index contributed by atoms with van der Waals surface area (Å²) in [5, 5.41) is 9.71. The van der Waals surface area contributed by atoms with Crippen molar-refractivity contribution in [1.29, 1.82) is 0 Å². The summed E-state index contributed by atoms with van der Waals surface area (Å²) < 4.78 is 5.75. The Morgan fingerprint density at radius 1 is 1.33 bits per heavy atom. The number of hydrogen-bond donors (Lipinski definition) is 1. The van der Waals surface area contributed by atoms with Crippen molar-refractivity contribution in [2.75, 3.05) is 6.61 Å². The summed E-state index contributed by atoms with van der Waals surface area (Å²) in [5.41, 5.74) is 2.02. The SMILES string of the molecule is C=CCCCCCOc1ccc(C)cc1[C@@H](C)O. The fraction of sp³-hybridized carbons (Fsp3) is 0.500. The Morgan fingerprint density at radius 3 is 2.78 bits per heavy atom. The molecule has 0 radical (unpaired) electrons. The van der Waals surface area contributed by atoms with Gasteiger partial charge in [-0.05, 0) is 51.7 Å². The number of aliphatic hydroxyl groups excluding tert-OH is 1. The Kier molecular flexibility index (Phi) is 6.51. The third-order valence-electron chi connectivity index (χ3n) is 2.93. The highest BCUT2D eigenvalue weighted by atomic mass is 16.5. The molecule has 1 aromatic rings. The van der Waals surface area contributed by atoms with E-state index in [1.54, 1.807) is 6.92 Å². The molecule has 1 atom stereocenters. The van der Waals surface area contributed by atoms with Crippen LogP contribution in [0.2, 0.25) is 0 Å². The van der Waals surface area contributed by atoms with Gasteiger partial charge in [0.25, 0.3) is 0 Å². The molecule has 0 bridgehead atoms. The normalized spacial score (nSPS) is 12.2. The van der Waals surface area contributed by atoms with Gasteiger partial charge in [0.2, 0.25) is 0 Å². The van der Waals surface area contributed by atoms with E-state index in [0.717, 1.165) is 36.1 Å². The summed E-state index contributed by atoms with van der Waals surface area (Å²) in [7, 11) is 0. The maximum absolute atomic E-state index is 9.71. The summed E-state index contributed by atoms with van der Waals surface area (Å²) in [6.45, 7) is 8.20. The monoisotopic (exact) mass is 248 g/mol. The van der Waals surface area contributed by atoms with Crippen LogP contribution in [0.1, 0.15) is 49.8 Å². The molecule has 100 valence electrons. The molecule has 0 amide bonds. The minimum atomic E-state index is -0.485. The molecule has 0 aliphatic heterocycles. The Bertz CT molecular complexity index is 369. The van der Waals surface area contributed by atoms with Crippen molar-refractivity contribution < 1.29 is 9.84 Å². The molecule has 0 aliphatic rings. The van der Waals surface area contributed by atoms with Crippen LogP contribution in [0.4, 0.5) is 0 Å². The van der Waals surface area contributed by atoms with E-state index in [1.165, 1.54) is 6.42 Å². The molecule has 2 heteroatoms. The average molecular weight is 248 g/mol. The van der Waals surface area contributed by atoms with E-state index in [4.69, 9.17) is 4.74 Å². The zero-order valence-electron chi connectivity index (χ0n) is 11.5. The number of benzene rings is 1. The first-order valence-corrected chi connectivity index (χ1v) is 6.67. The molecule has 1 aromatic carbocycles. The fourth-order valence-electron chi connectivity index (χ4n) is 1.88. The van der Waals surface area contributed by atoms with Crippen molar-refractivity contribution >= 4 is 0 Å². The number of rotatable bonds is 8. The first-order chi connectivity index (χ1) is 8.65. The van der Waals surface area contributed by atoms with E-state index in [1.807, 2.05) is 31.2 Å². The van der Waals surface area contributed by atoms with Gasteiger partial charge in [0, 0.05) is 5.56 Å². The lowest BCUT2D eigenvalue weighted by molar-refractivity contribution is 0.190. The van der Waals surface area contributed by atoms with Gasteiger partial charge < -0.3 is 9.84 Å². The van der Waals surface area contributed by atoms with E-state index in [-0.39, 0.29) is 0 Å². The second kappa shape index (κ2) is 7.93. The molecule has 1 N–H and O–H groups in total. The predicted octanol–water partition coefficient (Wildman–Crippen LogP) is 4.17. The Hall–Kier alpha value is -1.28. The highest BCUT2D eigenvalue weighted by Crippen LogP contribution is 2.26. The largest absolute Gasteiger partial charge is 0.493 e. The van der Waals surface area contributed by atoms with Crippen LogP contribution in [-0.4, -0.2) is 11.7 Å². The maximum Gasteiger partial charge on any atom is 0.125 e. The smallest absolute Gasteiger partial charge is 0.125 e. The highest BCUT2D eigenvalue weighted by Gasteiger charge is 2.09. The minimum absolute atomic E-state index is 0.485. The van der Waals surface area contributed by atoms with Crippen molar-refractivity contribution in [2.24, 2.45) is 0 Å². The molecular formula is C16H24O2. The summed E-state index contributed by atoms with van der Waals surface area (Å²) >= 11 is 0. The number of hydrogen-bond acceptors (Lipinski definition) is 2. The third-order valence-corrected chi connectivity index (χ3v) is 2.93. The number of allylic oxidation sites excluding steroid dienone is 1. The quantitative estimate of drug-likeness (QED) is 0.552. The topological polar surface area (TPSA) is 29.5 Å². The van der Waals surface area contributed by atoms with Crippen LogP contribution in [0.5, 0.6) is 5.75 Å². The third kappa shape index (κ3) is 4.92. The van der Waals surface area contributed by atoms with Crippen molar-refractivity contribution in [3.05, 3.63) is 42.0 Å². The molecule has 0 saturated heterocycles. The highest BCUT2D eigenvalue weighted by molar-refractivity contribution is 5.38. The maximum atomic E-state index is 9.71. The van der Waals surface area contributed by atoms with Gasteiger partial charge in [-0.25, -0.2) is 0 Å². The minimum Gasteiger partial charge on any atom is -0.493 e. The lowest BCUT2D eigenvalue weighted by atomic mass is 10.1. The average Bonchev–Trinajstić information content (AvgIpc) is 2.35. The van der Waals surface area contributed by atoms with Gasteiger partial charge in [-0.1, -0.05) is 17.7 Å². The van der Waals surface area contributed by atoms with Crippen LogP contribution in [0.25, 0.3) is 0 Å². The number of ether oxygens (including phenoxy) is 1. The Labute approximate surface area is 110 Å². The molecule has 1 rings (SSSR count). The molecule has 0 aliphatic carbocycles. The first-order valence-electron chi connectivity index (χ1n) is 6.67. The molecule has 0 spiro atoms. The van der Waals surface area contributed by atoms with Crippen molar-refractivity contribution in [3.63, 3.8) is 0 Å². The van der Waals surface area contributed by atoms with E-state index in [2.05, 4.69) is 6.58 Å². The van der Waals surface area contributed by atoms with E-state index < -0.39 is 6.10 Å². The lowest BCUT2D eigenvalue weighted by Gasteiger charge is -2.14. The summed E-state index contributed by atoms with van der Waals surface area (Å²) in [6, 6.07) is 5.94. The molecule has 0 aromatic heterocycles. The van der Waals surface area contributed by atoms with Crippen molar-refractivity contribution in [1.82, 2.24) is 0 Å². The summed E-state index contributed by atoms with van der Waals surface area (Å²) in [4.78, 5) is 0. The fourth-order valence-corrected chi connectivity index (χ4v) is 1.88. The van der Waals surface area contributed by atoms with Crippen LogP contribution < -0.4 is 4.74 Å². The van der Waals surface area contributed by atoms with Gasteiger partial charge in [-0.2, -0.15) is 0 Å². The van der Waals surface area contributed by atoms with Crippen molar-refractivity contribution in [3.8, 4) is 5.75 Å². The van der Waals surface area contributed by atoms with E-state index in [9.17, 15) is 5.11 Å². The van der Waals surface area contributed by atoms with Crippen LogP contribution in [-0.2, 0) is 0 Å². The lowest BCUT2D eigenvalue weighted by Crippen LogP contribution is -2.02. The van der Waals surface area contributed by atoms with Gasteiger partial charge in [0.15, 0.2) is 0 Å². The molecule has 0 saturated carbocycles. The van der Waals surface area contributed by atoms with Gasteiger partial charge in [0.05, 0.1) is 12.7 Å². The number of aryl methyl sites for hydroxylation is 1. The molecule has 18 heavy (non-hydrogen) atoms. The number of unbranched alkanes of at least 4 members (excludes halogenated alkanes) is 3. The standard InChI is InChI=1S/C16H24O2/c1-4-5-6-7-8-11-18-16-10-9-13(2)12-15(16)14(3)17/h4,9-10,12,14,17H,1,5-8,11H2,2-3H3/t14-/m1/s1. The number of aliphatic hydroxyl groups is 1. The Morgan fingerprint density at radius 2 is 2.11 bits per heavy atom. The molecule has 0 fully saturated rings. The van der Waals surface area contributed by atoms with Gasteiger partial charge in [-0.15, -0.1) is 6.58 Å². The Balaban J connectivity index is 2.44. The zero-order valence-corrected chi connectivity index (χ0v) is 11.5. The van der Waals surface area contributed by atoms with Crippen LogP contribution in [0.15, 0.2) is 30.9 Å². The van der Waals surface area contributed by atoms with Gasteiger partial charge in [0.1, 0.15) is 5.75 Å². The predicted molar refractivity (Wildman–Crippen MR) is 76.0 cm³/mol. The van der Waals surface area contributed by atoms with Crippen LogP contribution in [0, 0.1) is 6.92 Å². The summed E-state index contributed by atoms with van der Waals surface area (Å²) in [6.07, 6.45) is 5.91. The van der Waals surface area contributed by atoms with Crippen molar-refractivity contribution in [2.45, 2.75) is 45.6 Å². The summed E-state index contributed by atoms with van der Waals surface area (Å²) in [5.74, 6) is 0.805. The molecular weight excluding hydrogens is 224 g/mol. The molecule has 0 unspecified atom stereocenters. The zero-order chi connectivity index (χ0) is 13.4. The first kappa shape index (κ1) is 14.8. The van der Waals surface area contributed by atoms with Gasteiger partial charge in [-0.3, -0.25) is 0 Å². The molecule has 2 nitrogen and oxygen atoms in total. The second-order valence-corrected chi connectivity index (χ2v) is 4.70. The molecule has 0 heterocycles. The van der Waals surface area contributed by atoms with E-state index >= 15 is 0 Å².